The van der Waals surface area contributed by atoms with Gasteiger partial charge in [-0.25, -0.2) is 4.79 Å². The number of aromatic nitrogens is 2. The molecule has 0 saturated heterocycles. The van der Waals surface area contributed by atoms with E-state index in [4.69, 9.17) is 9.47 Å². The van der Waals surface area contributed by atoms with Crippen molar-refractivity contribution in [3.8, 4) is 5.88 Å². The van der Waals surface area contributed by atoms with Gasteiger partial charge in [-0.05, 0) is 20.8 Å². The Bertz CT molecular complexity index is 513. The van der Waals surface area contributed by atoms with Crippen molar-refractivity contribution in [3.05, 3.63) is 12.3 Å². The standard InChI is InChI=1S/C12H15F3N2O3/c1-10(2,3)20-9(18)17-7-4-8(16-17)19-11(5-6-11)12(13,14)15/h4,7H,5-6H2,1-3H3. The van der Waals surface area contributed by atoms with Gasteiger partial charge in [0.05, 0.1) is 0 Å². The van der Waals surface area contributed by atoms with E-state index in [2.05, 4.69) is 5.10 Å². The number of ether oxygens (including phenoxy) is 2. The fourth-order valence-corrected chi connectivity index (χ4v) is 1.53. The molecule has 1 aromatic rings. The summed E-state index contributed by atoms with van der Waals surface area (Å²) in [6.45, 7) is 5.03. The van der Waals surface area contributed by atoms with Crippen molar-refractivity contribution >= 4 is 6.09 Å². The second-order valence-corrected chi connectivity index (χ2v) is 5.67. The molecular weight excluding hydrogens is 277 g/mol. The van der Waals surface area contributed by atoms with E-state index >= 15 is 0 Å². The van der Waals surface area contributed by atoms with Crippen LogP contribution < -0.4 is 4.74 Å². The first-order chi connectivity index (χ1) is 9.02. The van der Waals surface area contributed by atoms with Gasteiger partial charge >= 0.3 is 12.3 Å². The van der Waals surface area contributed by atoms with Crippen LogP contribution in [0.15, 0.2) is 12.3 Å². The second-order valence-electron chi connectivity index (χ2n) is 5.67. The van der Waals surface area contributed by atoms with Crippen molar-refractivity contribution in [3.63, 3.8) is 0 Å². The maximum absolute atomic E-state index is 12.7. The predicted molar refractivity (Wildman–Crippen MR) is 62.5 cm³/mol. The van der Waals surface area contributed by atoms with E-state index in [1.807, 2.05) is 0 Å². The summed E-state index contributed by atoms with van der Waals surface area (Å²) in [5, 5.41) is 3.65. The number of carbonyl (C=O) groups excluding carboxylic acids is 1. The molecule has 1 heterocycles. The molecular formula is C12H15F3N2O3. The van der Waals surface area contributed by atoms with Crippen molar-refractivity contribution in [1.82, 2.24) is 9.78 Å². The maximum Gasteiger partial charge on any atom is 0.435 e. The minimum Gasteiger partial charge on any atom is -0.460 e. The van der Waals surface area contributed by atoms with Crippen LogP contribution in [0, 0.1) is 0 Å². The molecule has 5 nitrogen and oxygen atoms in total. The third kappa shape index (κ3) is 3.05. The van der Waals surface area contributed by atoms with Crippen LogP contribution >= 0.6 is 0 Å². The third-order valence-electron chi connectivity index (χ3n) is 2.67. The Morgan fingerprint density at radius 1 is 1.35 bits per heavy atom. The Kier molecular flexibility index (Phi) is 3.22. The van der Waals surface area contributed by atoms with Gasteiger partial charge in [-0.2, -0.15) is 17.9 Å². The van der Waals surface area contributed by atoms with E-state index < -0.39 is 23.5 Å². The molecule has 1 aromatic heterocycles. The summed E-state index contributed by atoms with van der Waals surface area (Å²) in [7, 11) is 0. The molecule has 1 saturated carbocycles. The van der Waals surface area contributed by atoms with Crippen molar-refractivity contribution in [2.45, 2.75) is 51.0 Å². The Hall–Kier alpha value is -1.73. The molecule has 0 radical (unpaired) electrons. The summed E-state index contributed by atoms with van der Waals surface area (Å²) < 4.78 is 48.9. The molecule has 1 aliphatic carbocycles. The molecule has 20 heavy (non-hydrogen) atoms. The van der Waals surface area contributed by atoms with Crippen LogP contribution in [-0.4, -0.2) is 33.3 Å². The highest BCUT2D eigenvalue weighted by atomic mass is 19.4. The Labute approximate surface area is 113 Å². The fraction of sp³-hybridized carbons (Fsp3) is 0.667. The van der Waals surface area contributed by atoms with E-state index in [0.29, 0.717) is 0 Å². The SMILES string of the molecule is CC(C)(C)OC(=O)n1ccc(OC2(C(F)(F)F)CC2)n1. The van der Waals surface area contributed by atoms with Crippen LogP contribution in [0.2, 0.25) is 0 Å². The number of carbonyl (C=O) groups is 1. The second kappa shape index (κ2) is 4.39. The molecule has 0 bridgehead atoms. The van der Waals surface area contributed by atoms with Gasteiger partial charge in [0.25, 0.3) is 0 Å². The van der Waals surface area contributed by atoms with Gasteiger partial charge in [0.1, 0.15) is 5.60 Å². The van der Waals surface area contributed by atoms with E-state index in [9.17, 15) is 18.0 Å². The monoisotopic (exact) mass is 292 g/mol. The van der Waals surface area contributed by atoms with Gasteiger partial charge in [-0.15, -0.1) is 5.10 Å². The molecule has 0 spiro atoms. The zero-order valence-electron chi connectivity index (χ0n) is 11.3. The number of rotatable bonds is 2. The average Bonchev–Trinajstić information content (AvgIpc) is 2.86. The normalized spacial score (nSPS) is 17.7. The van der Waals surface area contributed by atoms with Crippen molar-refractivity contribution in [2.75, 3.05) is 0 Å². The lowest BCUT2D eigenvalue weighted by atomic mass is 10.2. The van der Waals surface area contributed by atoms with Gasteiger partial charge in [0.15, 0.2) is 0 Å². The lowest BCUT2D eigenvalue weighted by Gasteiger charge is -2.19. The summed E-state index contributed by atoms with van der Waals surface area (Å²) in [4.78, 5) is 11.7. The summed E-state index contributed by atoms with van der Waals surface area (Å²) in [6, 6.07) is 1.20. The van der Waals surface area contributed by atoms with E-state index in [-0.39, 0.29) is 18.7 Å². The molecule has 0 atom stereocenters. The molecule has 2 rings (SSSR count). The van der Waals surface area contributed by atoms with Gasteiger partial charge in [-0.1, -0.05) is 0 Å². The fourth-order valence-electron chi connectivity index (χ4n) is 1.53. The topological polar surface area (TPSA) is 53.4 Å². The van der Waals surface area contributed by atoms with Gasteiger partial charge in [0, 0.05) is 25.1 Å². The molecule has 1 aliphatic rings. The quantitative estimate of drug-likeness (QED) is 0.840. The van der Waals surface area contributed by atoms with E-state index in [1.165, 1.54) is 12.3 Å². The average molecular weight is 292 g/mol. The molecule has 0 amide bonds. The Morgan fingerprint density at radius 3 is 2.40 bits per heavy atom. The first-order valence-corrected chi connectivity index (χ1v) is 6.07. The molecule has 1 fully saturated rings. The van der Waals surface area contributed by atoms with E-state index in [1.54, 1.807) is 20.8 Å². The number of halogens is 3. The molecule has 0 N–H and O–H groups in total. The van der Waals surface area contributed by atoms with Crippen molar-refractivity contribution < 1.29 is 27.4 Å². The lowest BCUT2D eigenvalue weighted by molar-refractivity contribution is -0.209. The lowest BCUT2D eigenvalue weighted by Crippen LogP contribution is -2.37. The Morgan fingerprint density at radius 2 is 1.95 bits per heavy atom. The molecule has 0 aromatic carbocycles. The van der Waals surface area contributed by atoms with Gasteiger partial charge < -0.3 is 9.47 Å². The minimum atomic E-state index is -4.44. The predicted octanol–water partition coefficient (Wildman–Crippen LogP) is 3.14. The van der Waals surface area contributed by atoms with Crippen LogP contribution in [0.3, 0.4) is 0 Å². The van der Waals surface area contributed by atoms with Crippen LogP contribution in [0.5, 0.6) is 5.88 Å². The van der Waals surface area contributed by atoms with Gasteiger partial charge in [-0.3, -0.25) is 0 Å². The largest absolute Gasteiger partial charge is 0.460 e. The summed E-state index contributed by atoms with van der Waals surface area (Å²) in [5.74, 6) is -0.245. The zero-order valence-corrected chi connectivity index (χ0v) is 11.3. The molecule has 8 heteroatoms. The first kappa shape index (κ1) is 14.7. The zero-order chi connectivity index (χ0) is 15.2. The highest BCUT2D eigenvalue weighted by Gasteiger charge is 2.66. The summed E-state index contributed by atoms with van der Waals surface area (Å²) in [6.07, 6.45) is -4.21. The third-order valence-corrected chi connectivity index (χ3v) is 2.67. The van der Waals surface area contributed by atoms with E-state index in [0.717, 1.165) is 4.68 Å². The summed E-state index contributed by atoms with van der Waals surface area (Å²) in [5.41, 5.74) is -2.87. The number of hydrogen-bond acceptors (Lipinski definition) is 4. The number of hydrogen-bond donors (Lipinski definition) is 0. The smallest absolute Gasteiger partial charge is 0.435 e. The van der Waals surface area contributed by atoms with Crippen LogP contribution in [-0.2, 0) is 4.74 Å². The maximum atomic E-state index is 12.7. The summed E-state index contributed by atoms with van der Waals surface area (Å²) >= 11 is 0. The van der Waals surface area contributed by atoms with Crippen LogP contribution in [0.1, 0.15) is 33.6 Å². The highest BCUT2D eigenvalue weighted by Crippen LogP contribution is 2.51. The molecule has 0 aliphatic heterocycles. The van der Waals surface area contributed by atoms with Gasteiger partial charge in [0.2, 0.25) is 11.5 Å². The number of nitrogens with zero attached hydrogens (tertiary/aromatic N) is 2. The van der Waals surface area contributed by atoms with Crippen LogP contribution in [0.4, 0.5) is 18.0 Å². The van der Waals surface area contributed by atoms with Crippen molar-refractivity contribution in [2.24, 2.45) is 0 Å². The first-order valence-electron chi connectivity index (χ1n) is 6.07. The van der Waals surface area contributed by atoms with Crippen LogP contribution in [0.25, 0.3) is 0 Å². The highest BCUT2D eigenvalue weighted by molar-refractivity contribution is 5.69. The number of alkyl halides is 3. The Balaban J connectivity index is 2.05. The molecule has 0 unspecified atom stereocenters. The molecule has 112 valence electrons. The minimum absolute atomic E-state index is 0.101. The van der Waals surface area contributed by atoms with Crippen molar-refractivity contribution in [1.29, 1.82) is 0 Å².